The van der Waals surface area contributed by atoms with E-state index in [4.69, 9.17) is 9.16 Å². The highest BCUT2D eigenvalue weighted by Crippen LogP contribution is 2.37. The molecule has 0 aromatic carbocycles. The molecule has 0 saturated carbocycles. The predicted octanol–water partition coefficient (Wildman–Crippen LogP) is 4.19. The topological polar surface area (TPSA) is 35.5 Å². The summed E-state index contributed by atoms with van der Waals surface area (Å²) in [4.78, 5) is 11.4. The minimum atomic E-state index is -1.77. The first-order chi connectivity index (χ1) is 10.1. The second-order valence-corrected chi connectivity index (χ2v) is 11.9. The Balaban J connectivity index is 2.71. The normalized spacial score (nSPS) is 17.4. The van der Waals surface area contributed by atoms with Crippen LogP contribution >= 0.6 is 0 Å². The Kier molecular flexibility index (Phi) is 6.33. The Morgan fingerprint density at radius 2 is 1.91 bits per heavy atom. The van der Waals surface area contributed by atoms with Crippen molar-refractivity contribution in [2.75, 3.05) is 13.2 Å². The molecule has 3 nitrogen and oxygen atoms in total. The van der Waals surface area contributed by atoms with Crippen LogP contribution in [0.15, 0.2) is 42.7 Å². The van der Waals surface area contributed by atoms with Crippen molar-refractivity contribution in [2.24, 2.45) is 0 Å². The lowest BCUT2D eigenvalue weighted by Gasteiger charge is -2.37. The van der Waals surface area contributed by atoms with Crippen molar-refractivity contribution in [3.8, 4) is 0 Å². The van der Waals surface area contributed by atoms with Crippen LogP contribution in [-0.2, 0) is 14.0 Å². The Morgan fingerprint density at radius 3 is 2.41 bits per heavy atom. The van der Waals surface area contributed by atoms with Gasteiger partial charge in [-0.1, -0.05) is 27.4 Å². The number of carbonyl (C=O) groups excluding carboxylic acids is 1. The van der Waals surface area contributed by atoms with Crippen LogP contribution in [-0.4, -0.2) is 32.9 Å². The van der Waals surface area contributed by atoms with Crippen LogP contribution in [0.2, 0.25) is 18.1 Å². The Morgan fingerprint density at radius 1 is 1.32 bits per heavy atom. The molecule has 0 amide bonds. The first-order valence-corrected chi connectivity index (χ1v) is 10.6. The number of rotatable bonds is 7. The summed E-state index contributed by atoms with van der Waals surface area (Å²) in [5, 5.41) is 0.181. The Hall–Kier alpha value is -1.19. The standard InChI is InChI=1S/C18H28O3Si/c1-7-8-14-20-18(11-9-16(19)10-12-18)13-15-21-22(5,6)17(2,3)4/h8-12H,1,13-15H2,2-6H3. The summed E-state index contributed by atoms with van der Waals surface area (Å²) >= 11 is 0. The molecule has 122 valence electrons. The van der Waals surface area contributed by atoms with E-state index in [1.165, 1.54) is 0 Å². The van der Waals surface area contributed by atoms with Gasteiger partial charge in [-0.15, -0.1) is 5.73 Å². The van der Waals surface area contributed by atoms with Gasteiger partial charge in [0.25, 0.3) is 0 Å². The summed E-state index contributed by atoms with van der Waals surface area (Å²) in [6.45, 7) is 15.7. The second kappa shape index (κ2) is 7.38. The fraction of sp³-hybridized carbons (Fsp3) is 0.556. The Labute approximate surface area is 135 Å². The minimum absolute atomic E-state index is 0.0104. The quantitative estimate of drug-likeness (QED) is 0.521. The van der Waals surface area contributed by atoms with Crippen LogP contribution in [0.4, 0.5) is 0 Å². The van der Waals surface area contributed by atoms with Gasteiger partial charge in [-0.25, -0.2) is 0 Å². The van der Waals surface area contributed by atoms with Crippen molar-refractivity contribution < 1.29 is 14.0 Å². The van der Waals surface area contributed by atoms with Crippen LogP contribution < -0.4 is 0 Å². The average Bonchev–Trinajstić information content (AvgIpc) is 2.41. The van der Waals surface area contributed by atoms with E-state index < -0.39 is 13.9 Å². The molecule has 0 atom stereocenters. The largest absolute Gasteiger partial charge is 0.417 e. The lowest BCUT2D eigenvalue weighted by atomic mass is 9.94. The van der Waals surface area contributed by atoms with E-state index in [1.807, 2.05) is 12.2 Å². The summed E-state index contributed by atoms with van der Waals surface area (Å²) in [6.07, 6.45) is 9.18. The summed E-state index contributed by atoms with van der Waals surface area (Å²) in [6, 6.07) is 0. The molecule has 0 spiro atoms. The van der Waals surface area contributed by atoms with Crippen molar-refractivity contribution >= 4 is 14.1 Å². The molecule has 0 aromatic rings. The highest BCUT2D eigenvalue weighted by atomic mass is 28.4. The SMILES string of the molecule is C=C=CCOC1(CCO[Si](C)(C)C(C)(C)C)C=CC(=O)C=C1. The summed E-state index contributed by atoms with van der Waals surface area (Å²) in [5.41, 5.74) is 2.11. The molecule has 0 N–H and O–H groups in total. The summed E-state index contributed by atoms with van der Waals surface area (Å²) in [7, 11) is -1.77. The predicted molar refractivity (Wildman–Crippen MR) is 93.4 cm³/mol. The van der Waals surface area contributed by atoms with Crippen LogP contribution in [0.25, 0.3) is 0 Å². The first-order valence-electron chi connectivity index (χ1n) is 7.67. The molecule has 0 unspecified atom stereocenters. The van der Waals surface area contributed by atoms with E-state index in [2.05, 4.69) is 46.2 Å². The molecule has 0 bridgehead atoms. The fourth-order valence-electron chi connectivity index (χ4n) is 1.83. The maximum absolute atomic E-state index is 11.4. The monoisotopic (exact) mass is 320 g/mol. The van der Waals surface area contributed by atoms with Crippen molar-refractivity contribution in [1.82, 2.24) is 0 Å². The Bertz CT molecular complexity index is 487. The average molecular weight is 321 g/mol. The van der Waals surface area contributed by atoms with Gasteiger partial charge in [0.1, 0.15) is 5.60 Å². The molecule has 0 aromatic heterocycles. The number of allylic oxidation sites excluding steroid dienone is 2. The number of ether oxygens (including phenoxy) is 1. The van der Waals surface area contributed by atoms with Crippen molar-refractivity contribution in [3.63, 3.8) is 0 Å². The van der Waals surface area contributed by atoms with Crippen molar-refractivity contribution in [2.45, 2.75) is 50.9 Å². The number of carbonyl (C=O) groups is 1. The maximum atomic E-state index is 11.4. The molecule has 1 aliphatic rings. The van der Waals surface area contributed by atoms with Crippen molar-refractivity contribution in [3.05, 3.63) is 42.7 Å². The second-order valence-electron chi connectivity index (χ2n) is 7.10. The van der Waals surface area contributed by atoms with E-state index in [9.17, 15) is 4.79 Å². The highest BCUT2D eigenvalue weighted by Gasteiger charge is 2.38. The van der Waals surface area contributed by atoms with Crippen LogP contribution in [0.1, 0.15) is 27.2 Å². The zero-order chi connectivity index (χ0) is 16.9. The van der Waals surface area contributed by atoms with Gasteiger partial charge in [0.2, 0.25) is 0 Å². The van der Waals surface area contributed by atoms with Gasteiger partial charge in [-0.3, -0.25) is 4.79 Å². The van der Waals surface area contributed by atoms with Crippen molar-refractivity contribution in [1.29, 1.82) is 0 Å². The molecular formula is C18H28O3Si. The van der Waals surface area contributed by atoms with E-state index in [-0.39, 0.29) is 10.8 Å². The fourth-order valence-corrected chi connectivity index (χ4v) is 2.88. The number of ketones is 1. The molecule has 22 heavy (non-hydrogen) atoms. The summed E-state index contributed by atoms with van der Waals surface area (Å²) in [5.74, 6) is -0.0104. The third kappa shape index (κ3) is 5.22. The zero-order valence-electron chi connectivity index (χ0n) is 14.4. The zero-order valence-corrected chi connectivity index (χ0v) is 15.4. The maximum Gasteiger partial charge on any atom is 0.191 e. The van der Waals surface area contributed by atoms with Gasteiger partial charge in [-0.05, 0) is 48.5 Å². The molecule has 4 heteroatoms. The molecule has 0 saturated heterocycles. The number of hydrogen-bond acceptors (Lipinski definition) is 3. The molecule has 1 aliphatic carbocycles. The van der Waals surface area contributed by atoms with E-state index >= 15 is 0 Å². The minimum Gasteiger partial charge on any atom is -0.417 e. The lowest BCUT2D eigenvalue weighted by Crippen LogP contribution is -2.42. The molecule has 0 aliphatic heterocycles. The van der Waals surface area contributed by atoms with E-state index in [0.717, 1.165) is 0 Å². The molecule has 0 fully saturated rings. The van der Waals surface area contributed by atoms with Gasteiger partial charge in [-0.2, -0.15) is 0 Å². The van der Waals surface area contributed by atoms with Gasteiger partial charge in [0, 0.05) is 13.0 Å². The van der Waals surface area contributed by atoms with Gasteiger partial charge in [0.05, 0.1) is 6.61 Å². The third-order valence-electron chi connectivity index (χ3n) is 4.40. The van der Waals surface area contributed by atoms with Gasteiger partial charge < -0.3 is 9.16 Å². The molecule has 1 rings (SSSR count). The molecule has 0 radical (unpaired) electrons. The summed E-state index contributed by atoms with van der Waals surface area (Å²) < 4.78 is 12.1. The van der Waals surface area contributed by atoms with E-state index in [0.29, 0.717) is 19.6 Å². The molecule has 0 heterocycles. The smallest absolute Gasteiger partial charge is 0.191 e. The molecular weight excluding hydrogens is 292 g/mol. The third-order valence-corrected chi connectivity index (χ3v) is 8.94. The van der Waals surface area contributed by atoms with Gasteiger partial charge in [0.15, 0.2) is 14.1 Å². The highest BCUT2D eigenvalue weighted by molar-refractivity contribution is 6.74. The first kappa shape index (κ1) is 18.9. The van der Waals surface area contributed by atoms with E-state index in [1.54, 1.807) is 18.2 Å². The van der Waals surface area contributed by atoms with Gasteiger partial charge >= 0.3 is 0 Å². The lowest BCUT2D eigenvalue weighted by molar-refractivity contribution is -0.110. The van der Waals surface area contributed by atoms with Crippen LogP contribution in [0, 0.1) is 0 Å². The van der Waals surface area contributed by atoms with Crippen LogP contribution in [0.5, 0.6) is 0 Å². The van der Waals surface area contributed by atoms with Crippen LogP contribution in [0.3, 0.4) is 0 Å². The number of hydrogen-bond donors (Lipinski definition) is 0.